The first-order valence-electron chi connectivity index (χ1n) is 14.3. The summed E-state index contributed by atoms with van der Waals surface area (Å²) in [7, 11) is 0. The molecule has 0 amide bonds. The third kappa shape index (κ3) is 7.08. The van der Waals surface area contributed by atoms with Crippen LogP contribution in [0.1, 0.15) is 60.2 Å². The van der Waals surface area contributed by atoms with E-state index in [4.69, 9.17) is 9.73 Å². The first kappa shape index (κ1) is 28.7. The zero-order valence-corrected chi connectivity index (χ0v) is 24.2. The zero-order chi connectivity index (χ0) is 29.5. The molecule has 42 heavy (non-hydrogen) atoms. The molecule has 0 aromatic heterocycles. The number of carbonyl (C=O) groups is 2. The molecule has 0 aliphatic rings. The number of aliphatic imine (C=N–C) groups is 1. The molecule has 0 saturated heterocycles. The monoisotopic (exact) mass is 553 g/mol. The normalized spacial score (nSPS) is 12.7. The molecule has 0 bridgehead atoms. The van der Waals surface area contributed by atoms with E-state index in [-0.39, 0.29) is 12.2 Å². The lowest BCUT2D eigenvalue weighted by atomic mass is 9.84. The summed E-state index contributed by atoms with van der Waals surface area (Å²) in [5, 5.41) is 2.12. The van der Waals surface area contributed by atoms with Crippen molar-refractivity contribution >= 4 is 28.2 Å². The van der Waals surface area contributed by atoms with Crippen molar-refractivity contribution in [3.63, 3.8) is 0 Å². The van der Waals surface area contributed by atoms with Gasteiger partial charge >= 0.3 is 5.97 Å². The second-order valence-electron chi connectivity index (χ2n) is 11.4. The minimum absolute atomic E-state index is 0.0570. The van der Waals surface area contributed by atoms with Crippen molar-refractivity contribution in [3.8, 4) is 0 Å². The highest BCUT2D eigenvalue weighted by Gasteiger charge is 2.35. The Morgan fingerprint density at radius 2 is 1.14 bits per heavy atom. The van der Waals surface area contributed by atoms with E-state index in [0.29, 0.717) is 11.3 Å². The van der Waals surface area contributed by atoms with Crippen molar-refractivity contribution in [2.24, 2.45) is 4.99 Å². The largest absolute Gasteiger partial charge is 0.458 e. The maximum atomic E-state index is 14.1. The molecule has 0 fully saturated rings. The highest BCUT2D eigenvalue weighted by molar-refractivity contribution is 6.13. The topological polar surface area (TPSA) is 55.7 Å². The van der Waals surface area contributed by atoms with Gasteiger partial charge in [0.1, 0.15) is 5.60 Å². The molecule has 0 aliphatic heterocycles. The van der Waals surface area contributed by atoms with Crippen molar-refractivity contribution in [1.29, 1.82) is 0 Å². The van der Waals surface area contributed by atoms with Crippen LogP contribution in [0.4, 0.5) is 0 Å². The number of benzene rings is 5. The molecule has 0 radical (unpaired) electrons. The lowest BCUT2D eigenvalue weighted by Gasteiger charge is -2.28. The number of rotatable bonds is 9. The van der Waals surface area contributed by atoms with Crippen molar-refractivity contribution in [2.75, 3.05) is 0 Å². The summed E-state index contributed by atoms with van der Waals surface area (Å²) in [4.78, 5) is 33.0. The number of fused-ring (bicyclic) bond motifs is 1. The number of nitrogens with zero attached hydrogens (tertiary/aromatic N) is 1. The minimum Gasteiger partial charge on any atom is -0.458 e. The molecule has 5 aromatic carbocycles. The number of Topliss-reactive ketones (excluding diaryl/α,β-unsaturated/α-hetero) is 1. The summed E-state index contributed by atoms with van der Waals surface area (Å²) in [6.07, 6.45) is 0.0899. The van der Waals surface area contributed by atoms with Crippen LogP contribution in [0.3, 0.4) is 0 Å². The predicted molar refractivity (Wildman–Crippen MR) is 170 cm³/mol. The lowest BCUT2D eigenvalue weighted by Crippen LogP contribution is -2.36. The maximum Gasteiger partial charge on any atom is 0.332 e. The van der Waals surface area contributed by atoms with Gasteiger partial charge in [0.25, 0.3) is 0 Å². The molecular formula is C38H35NO3. The van der Waals surface area contributed by atoms with Crippen molar-refractivity contribution < 1.29 is 14.3 Å². The van der Waals surface area contributed by atoms with Crippen LogP contribution in [0.15, 0.2) is 138 Å². The number of hydrogen-bond donors (Lipinski definition) is 0. The van der Waals surface area contributed by atoms with Gasteiger partial charge in [0.15, 0.2) is 11.8 Å². The maximum absolute atomic E-state index is 14.1. The van der Waals surface area contributed by atoms with Crippen molar-refractivity contribution in [2.45, 2.75) is 44.8 Å². The Hall–Kier alpha value is -4.83. The van der Waals surface area contributed by atoms with E-state index in [2.05, 4.69) is 12.1 Å². The molecule has 0 N–H and O–H groups in total. The van der Waals surface area contributed by atoms with Crippen LogP contribution >= 0.6 is 0 Å². The Labute approximate surface area is 247 Å². The van der Waals surface area contributed by atoms with Crippen LogP contribution in [-0.2, 0) is 9.53 Å². The molecule has 0 unspecified atom stereocenters. The van der Waals surface area contributed by atoms with Gasteiger partial charge in [0.05, 0.1) is 5.71 Å². The summed E-state index contributed by atoms with van der Waals surface area (Å²) in [6, 6.07) is 42.1. The molecule has 0 aliphatic carbocycles. The fraction of sp³-hybridized carbons (Fsp3) is 0.184. The van der Waals surface area contributed by atoms with E-state index < -0.39 is 23.5 Å². The molecule has 0 saturated carbocycles. The predicted octanol–water partition coefficient (Wildman–Crippen LogP) is 8.44. The van der Waals surface area contributed by atoms with Gasteiger partial charge in [0.2, 0.25) is 0 Å². The van der Waals surface area contributed by atoms with Crippen LogP contribution < -0.4 is 0 Å². The molecule has 2 atom stereocenters. The van der Waals surface area contributed by atoms with Gasteiger partial charge in [-0.3, -0.25) is 9.79 Å². The Kier molecular flexibility index (Phi) is 8.73. The van der Waals surface area contributed by atoms with E-state index in [1.807, 2.05) is 142 Å². The number of ether oxygens (including phenoxy) is 1. The van der Waals surface area contributed by atoms with E-state index >= 15 is 0 Å². The van der Waals surface area contributed by atoms with Gasteiger partial charge in [0, 0.05) is 29.0 Å². The molecule has 0 heterocycles. The number of esters is 1. The molecule has 0 spiro atoms. The summed E-state index contributed by atoms with van der Waals surface area (Å²) in [5.41, 5.74) is 3.15. The van der Waals surface area contributed by atoms with Crippen LogP contribution in [0.5, 0.6) is 0 Å². The minimum atomic E-state index is -0.978. The van der Waals surface area contributed by atoms with Crippen LogP contribution in [0.2, 0.25) is 0 Å². The molecule has 4 nitrogen and oxygen atoms in total. The molecule has 210 valence electrons. The van der Waals surface area contributed by atoms with Gasteiger partial charge in [-0.15, -0.1) is 0 Å². The average Bonchev–Trinajstić information content (AvgIpc) is 3.01. The third-order valence-electron chi connectivity index (χ3n) is 7.09. The quantitative estimate of drug-likeness (QED) is 0.105. The number of carbonyl (C=O) groups excluding carboxylic acids is 2. The Morgan fingerprint density at radius 1 is 0.643 bits per heavy atom. The lowest BCUT2D eigenvalue weighted by molar-refractivity contribution is -0.156. The van der Waals surface area contributed by atoms with Crippen LogP contribution in [-0.4, -0.2) is 29.1 Å². The van der Waals surface area contributed by atoms with Gasteiger partial charge in [-0.1, -0.05) is 133 Å². The van der Waals surface area contributed by atoms with Gasteiger partial charge in [-0.05, 0) is 37.1 Å². The second-order valence-corrected chi connectivity index (χ2v) is 11.4. The SMILES string of the molecule is CC(C)(C)OC(=O)[C@H](N=C(c1ccccc1)c1ccccc1)[C@@H](CC(=O)c1ccccc1)c1ccc2ccccc2c1. The van der Waals surface area contributed by atoms with E-state index in [1.165, 1.54) is 0 Å². The van der Waals surface area contributed by atoms with Crippen molar-refractivity contribution in [1.82, 2.24) is 0 Å². The molecule has 5 rings (SSSR count). The Bertz CT molecular complexity index is 1650. The fourth-order valence-corrected chi connectivity index (χ4v) is 5.11. The standard InChI is InChI=1S/C38H35NO3/c1-38(2,3)42-37(41)36(39-35(29-18-9-5-10-19-29)30-20-11-6-12-21-30)33(26-34(40)28-16-7-4-8-17-28)32-24-23-27-15-13-14-22-31(27)25-32/h4-25,33,36H,26H2,1-3H3/t33-,36+/m0/s1. The summed E-state index contributed by atoms with van der Waals surface area (Å²) in [6.45, 7) is 5.55. The first-order valence-corrected chi connectivity index (χ1v) is 14.3. The smallest absolute Gasteiger partial charge is 0.332 e. The summed E-state index contributed by atoms with van der Waals surface area (Å²) >= 11 is 0. The van der Waals surface area contributed by atoms with Gasteiger partial charge < -0.3 is 4.74 Å². The highest BCUT2D eigenvalue weighted by Crippen LogP contribution is 2.33. The second kappa shape index (κ2) is 12.8. The highest BCUT2D eigenvalue weighted by atomic mass is 16.6. The van der Waals surface area contributed by atoms with Crippen LogP contribution in [0, 0.1) is 0 Å². The van der Waals surface area contributed by atoms with E-state index in [0.717, 1.165) is 27.5 Å². The van der Waals surface area contributed by atoms with Gasteiger partial charge in [-0.25, -0.2) is 4.79 Å². The Balaban J connectivity index is 1.71. The van der Waals surface area contributed by atoms with Crippen molar-refractivity contribution in [3.05, 3.63) is 156 Å². The van der Waals surface area contributed by atoms with E-state index in [9.17, 15) is 9.59 Å². The Morgan fingerprint density at radius 3 is 1.69 bits per heavy atom. The number of hydrogen-bond acceptors (Lipinski definition) is 4. The molecular weight excluding hydrogens is 518 g/mol. The third-order valence-corrected chi connectivity index (χ3v) is 7.09. The van der Waals surface area contributed by atoms with Crippen LogP contribution in [0.25, 0.3) is 10.8 Å². The summed E-state index contributed by atoms with van der Waals surface area (Å²) < 4.78 is 5.99. The molecule has 4 heteroatoms. The average molecular weight is 554 g/mol. The summed E-state index contributed by atoms with van der Waals surface area (Å²) in [5.74, 6) is -1.09. The zero-order valence-electron chi connectivity index (χ0n) is 24.2. The van der Waals surface area contributed by atoms with Gasteiger partial charge in [-0.2, -0.15) is 0 Å². The first-order chi connectivity index (χ1) is 20.3. The number of ketones is 1. The fourth-order valence-electron chi connectivity index (χ4n) is 5.11. The molecule has 5 aromatic rings. The van der Waals surface area contributed by atoms with E-state index in [1.54, 1.807) is 0 Å².